The molecule has 11 nitrogen and oxygen atoms in total. The Morgan fingerprint density at radius 2 is 1.77 bits per heavy atom. The summed E-state index contributed by atoms with van der Waals surface area (Å²) in [6.45, 7) is 6.05. The van der Waals surface area contributed by atoms with E-state index >= 15 is 0 Å². The Morgan fingerprint density at radius 3 is 2.50 bits per heavy atom. The summed E-state index contributed by atoms with van der Waals surface area (Å²) in [6, 6.07) is 18.9. The number of rotatable bonds is 8. The summed E-state index contributed by atoms with van der Waals surface area (Å²) >= 11 is 0. The van der Waals surface area contributed by atoms with Crippen molar-refractivity contribution in [3.8, 4) is 11.6 Å². The minimum absolute atomic E-state index is 0.209. The lowest BCUT2D eigenvalue weighted by Gasteiger charge is -2.44. The molecule has 5 aromatic rings. The lowest BCUT2D eigenvalue weighted by molar-refractivity contribution is 0.247. The van der Waals surface area contributed by atoms with Crippen LogP contribution in [0.4, 0.5) is 17.3 Å². The number of nitrogens with one attached hydrogen (secondary N) is 1. The molecule has 1 fully saturated rings. The molecule has 1 aromatic carbocycles. The van der Waals surface area contributed by atoms with Crippen LogP contribution in [-0.2, 0) is 6.54 Å². The van der Waals surface area contributed by atoms with Crippen molar-refractivity contribution in [2.75, 3.05) is 37.4 Å². The molecule has 1 N–H and O–H groups in total. The van der Waals surface area contributed by atoms with Crippen molar-refractivity contribution in [1.82, 2.24) is 33.8 Å². The van der Waals surface area contributed by atoms with E-state index in [9.17, 15) is 9.59 Å². The van der Waals surface area contributed by atoms with E-state index in [4.69, 9.17) is 9.97 Å². The summed E-state index contributed by atoms with van der Waals surface area (Å²) in [5.74, 6) is 1.20. The van der Waals surface area contributed by atoms with Gasteiger partial charge >= 0.3 is 0 Å². The number of fused-ring (bicyclic) bond motifs is 1. The van der Waals surface area contributed by atoms with Gasteiger partial charge in [-0.3, -0.25) is 14.2 Å². The Balaban J connectivity index is 1.35. The highest BCUT2D eigenvalue weighted by Gasteiger charge is 2.28. The molecule has 0 saturated carbocycles. The highest BCUT2D eigenvalue weighted by atomic mass is 16.1. The van der Waals surface area contributed by atoms with Gasteiger partial charge in [0, 0.05) is 49.0 Å². The summed E-state index contributed by atoms with van der Waals surface area (Å²) in [5, 5.41) is 3.60. The molecular formula is C29H29N9O2. The molecular weight excluding hydrogens is 506 g/mol. The SMILES string of the molecule is C=CCn1c(=O)c2cnc(Nc3ccc(N4CC(N(C)C)C4)cc3)nc2n1-c1cccc(-n2ccccc2=O)n1. The first-order valence-electron chi connectivity index (χ1n) is 13.0. The van der Waals surface area contributed by atoms with E-state index in [1.165, 1.54) is 27.2 Å². The fourth-order valence-electron chi connectivity index (χ4n) is 4.77. The van der Waals surface area contributed by atoms with Gasteiger partial charge in [-0.2, -0.15) is 4.98 Å². The van der Waals surface area contributed by atoms with Gasteiger partial charge in [-0.15, -0.1) is 6.58 Å². The van der Waals surface area contributed by atoms with Crippen molar-refractivity contribution >= 4 is 28.4 Å². The van der Waals surface area contributed by atoms with Crippen LogP contribution in [0, 0.1) is 0 Å². The van der Waals surface area contributed by atoms with Crippen molar-refractivity contribution in [3.63, 3.8) is 0 Å². The molecule has 0 aliphatic carbocycles. The molecule has 1 saturated heterocycles. The van der Waals surface area contributed by atoms with E-state index in [-0.39, 0.29) is 17.7 Å². The molecule has 1 aliphatic heterocycles. The summed E-state index contributed by atoms with van der Waals surface area (Å²) in [7, 11) is 4.21. The van der Waals surface area contributed by atoms with Gasteiger partial charge in [0.15, 0.2) is 11.5 Å². The quantitative estimate of drug-likeness (QED) is 0.303. The van der Waals surface area contributed by atoms with Crippen LogP contribution in [-0.4, -0.2) is 67.0 Å². The van der Waals surface area contributed by atoms with Gasteiger partial charge in [-0.25, -0.2) is 19.3 Å². The van der Waals surface area contributed by atoms with Crippen LogP contribution in [0.3, 0.4) is 0 Å². The number of pyridine rings is 2. The monoisotopic (exact) mass is 535 g/mol. The van der Waals surface area contributed by atoms with Crippen LogP contribution < -0.4 is 21.3 Å². The van der Waals surface area contributed by atoms with E-state index in [0.717, 1.165) is 18.8 Å². The smallest absolute Gasteiger partial charge is 0.278 e. The van der Waals surface area contributed by atoms with Gasteiger partial charge in [0.1, 0.15) is 11.2 Å². The fraction of sp³-hybridized carbons (Fsp3) is 0.207. The summed E-state index contributed by atoms with van der Waals surface area (Å²) in [4.78, 5) is 44.1. The number of hydrogen-bond acceptors (Lipinski definition) is 8. The molecule has 0 spiro atoms. The van der Waals surface area contributed by atoms with Crippen LogP contribution in [0.2, 0.25) is 0 Å². The topological polar surface area (TPSA) is 106 Å². The molecule has 11 heteroatoms. The standard InChI is InChI=1S/C29H29N9O2/c1-4-15-37-28(40)23-17-30-29(31-20-11-13-21(14-12-20)35-18-22(19-35)34(2)3)33-27(23)38(37)25-9-7-8-24(32-25)36-16-6-5-10-26(36)39/h4-14,16-17,22H,1,15,18-19H2,2-3H3,(H,30,31,33). The van der Waals surface area contributed by atoms with E-state index in [1.807, 2.05) is 12.1 Å². The maximum Gasteiger partial charge on any atom is 0.278 e. The molecule has 0 unspecified atom stereocenters. The number of hydrogen-bond donors (Lipinski definition) is 1. The highest BCUT2D eigenvalue weighted by molar-refractivity contribution is 5.77. The van der Waals surface area contributed by atoms with Gasteiger partial charge in [-0.1, -0.05) is 18.2 Å². The predicted octanol–water partition coefficient (Wildman–Crippen LogP) is 2.81. The van der Waals surface area contributed by atoms with Crippen LogP contribution in [0.25, 0.3) is 22.7 Å². The summed E-state index contributed by atoms with van der Waals surface area (Å²) < 4.78 is 4.58. The summed E-state index contributed by atoms with van der Waals surface area (Å²) in [5.41, 5.74) is 1.91. The number of aromatic nitrogens is 6. The number of anilines is 3. The number of benzene rings is 1. The maximum atomic E-state index is 13.3. The van der Waals surface area contributed by atoms with Crippen molar-refractivity contribution in [3.05, 3.63) is 106 Å². The Morgan fingerprint density at radius 1 is 1.00 bits per heavy atom. The zero-order valence-electron chi connectivity index (χ0n) is 22.3. The molecule has 202 valence electrons. The van der Waals surface area contributed by atoms with E-state index in [1.54, 1.807) is 47.3 Å². The van der Waals surface area contributed by atoms with E-state index in [0.29, 0.717) is 34.7 Å². The van der Waals surface area contributed by atoms with Gasteiger partial charge in [-0.05, 0) is 56.6 Å². The Bertz CT molecular complexity index is 1810. The first kappa shape index (κ1) is 25.3. The lowest BCUT2D eigenvalue weighted by Crippen LogP contribution is -2.57. The predicted molar refractivity (Wildman–Crippen MR) is 156 cm³/mol. The molecule has 0 radical (unpaired) electrons. The van der Waals surface area contributed by atoms with Crippen molar-refractivity contribution in [1.29, 1.82) is 0 Å². The number of allylic oxidation sites excluding steroid dienone is 1. The molecule has 5 heterocycles. The molecule has 0 bridgehead atoms. The minimum atomic E-state index is -0.263. The first-order chi connectivity index (χ1) is 19.4. The molecule has 0 amide bonds. The Hall–Kier alpha value is -5.03. The third-order valence-corrected chi connectivity index (χ3v) is 7.06. The number of likely N-dealkylation sites (N-methyl/N-ethyl adjacent to an activating group) is 1. The Labute approximate surface area is 230 Å². The second-order valence-electron chi connectivity index (χ2n) is 9.88. The van der Waals surface area contributed by atoms with Gasteiger partial charge < -0.3 is 15.1 Å². The van der Waals surface area contributed by atoms with Crippen molar-refractivity contribution in [2.24, 2.45) is 0 Å². The number of nitrogens with zero attached hydrogens (tertiary/aromatic N) is 8. The van der Waals surface area contributed by atoms with Gasteiger partial charge in [0.2, 0.25) is 5.95 Å². The first-order valence-corrected chi connectivity index (χ1v) is 13.0. The van der Waals surface area contributed by atoms with Crippen LogP contribution in [0.5, 0.6) is 0 Å². The van der Waals surface area contributed by atoms with Crippen LogP contribution in [0.1, 0.15) is 0 Å². The average molecular weight is 536 g/mol. The lowest BCUT2D eigenvalue weighted by atomic mass is 10.1. The van der Waals surface area contributed by atoms with Crippen molar-refractivity contribution < 1.29 is 0 Å². The third kappa shape index (κ3) is 4.56. The second kappa shape index (κ2) is 10.3. The molecule has 1 aliphatic rings. The van der Waals surface area contributed by atoms with Crippen LogP contribution >= 0.6 is 0 Å². The normalized spacial score (nSPS) is 13.5. The molecule has 0 atom stereocenters. The molecule has 4 aromatic heterocycles. The largest absolute Gasteiger partial charge is 0.368 e. The zero-order chi connectivity index (χ0) is 27.8. The zero-order valence-corrected chi connectivity index (χ0v) is 22.3. The molecule has 6 rings (SSSR count). The van der Waals surface area contributed by atoms with Gasteiger partial charge in [0.05, 0.1) is 6.54 Å². The van der Waals surface area contributed by atoms with Crippen molar-refractivity contribution in [2.45, 2.75) is 12.6 Å². The molecule has 40 heavy (non-hydrogen) atoms. The summed E-state index contributed by atoms with van der Waals surface area (Å²) in [6.07, 6.45) is 4.80. The third-order valence-electron chi connectivity index (χ3n) is 7.06. The van der Waals surface area contributed by atoms with Crippen LogP contribution in [0.15, 0.2) is 95.3 Å². The maximum absolute atomic E-state index is 13.3. The van der Waals surface area contributed by atoms with E-state index < -0.39 is 0 Å². The van der Waals surface area contributed by atoms with Gasteiger partial charge in [0.25, 0.3) is 11.1 Å². The second-order valence-corrected chi connectivity index (χ2v) is 9.88. The Kier molecular flexibility index (Phi) is 6.48. The fourth-order valence-corrected chi connectivity index (χ4v) is 4.77. The average Bonchev–Trinajstić information content (AvgIpc) is 3.20. The van der Waals surface area contributed by atoms with E-state index in [2.05, 4.69) is 52.9 Å². The minimum Gasteiger partial charge on any atom is -0.368 e. The highest BCUT2D eigenvalue weighted by Crippen LogP contribution is 2.25.